The molecule has 0 bridgehead atoms. The summed E-state index contributed by atoms with van der Waals surface area (Å²) in [6.07, 6.45) is 1.68. The lowest BCUT2D eigenvalue weighted by Gasteiger charge is -2.02. The van der Waals surface area contributed by atoms with Gasteiger partial charge in [-0.3, -0.25) is 4.98 Å². The minimum atomic E-state index is 0.364. The third-order valence-corrected chi connectivity index (χ3v) is 3.68. The van der Waals surface area contributed by atoms with Crippen molar-refractivity contribution in [2.24, 2.45) is 0 Å². The predicted molar refractivity (Wildman–Crippen MR) is 86.8 cm³/mol. The van der Waals surface area contributed by atoms with Gasteiger partial charge in [-0.05, 0) is 24.6 Å². The Morgan fingerprint density at radius 1 is 1.04 bits per heavy atom. The van der Waals surface area contributed by atoms with Crippen LogP contribution in [0.1, 0.15) is 11.3 Å². The highest BCUT2D eigenvalue weighted by Crippen LogP contribution is 2.21. The number of rotatable bonds is 4. The molecular formula is C17H14N6O. The Morgan fingerprint density at radius 2 is 1.88 bits per heavy atom. The quantitative estimate of drug-likeness (QED) is 0.575. The van der Waals surface area contributed by atoms with Crippen molar-refractivity contribution in [3.63, 3.8) is 0 Å². The third kappa shape index (κ3) is 2.67. The zero-order chi connectivity index (χ0) is 16.4. The summed E-state index contributed by atoms with van der Waals surface area (Å²) in [4.78, 5) is 8.58. The molecule has 0 atom stereocenters. The molecule has 0 radical (unpaired) electrons. The van der Waals surface area contributed by atoms with Gasteiger partial charge in [0.15, 0.2) is 5.69 Å². The van der Waals surface area contributed by atoms with Crippen molar-refractivity contribution >= 4 is 0 Å². The first-order valence-corrected chi connectivity index (χ1v) is 7.51. The van der Waals surface area contributed by atoms with E-state index in [2.05, 4.69) is 25.4 Å². The first-order chi connectivity index (χ1) is 11.8. The van der Waals surface area contributed by atoms with E-state index in [1.165, 1.54) is 0 Å². The van der Waals surface area contributed by atoms with E-state index in [0.717, 1.165) is 11.3 Å². The maximum atomic E-state index is 5.29. The summed E-state index contributed by atoms with van der Waals surface area (Å²) in [7, 11) is 0. The first-order valence-electron chi connectivity index (χ1n) is 7.51. The molecule has 4 aromatic rings. The van der Waals surface area contributed by atoms with Crippen LogP contribution >= 0.6 is 0 Å². The summed E-state index contributed by atoms with van der Waals surface area (Å²) in [6, 6.07) is 15.6. The van der Waals surface area contributed by atoms with Crippen LogP contribution in [0.25, 0.3) is 23.1 Å². The van der Waals surface area contributed by atoms with Crippen LogP contribution in [0.2, 0.25) is 0 Å². The van der Waals surface area contributed by atoms with Gasteiger partial charge < -0.3 is 4.52 Å². The van der Waals surface area contributed by atoms with E-state index >= 15 is 0 Å². The fraction of sp³-hybridized carbons (Fsp3) is 0.118. The van der Waals surface area contributed by atoms with E-state index in [1.807, 2.05) is 60.1 Å². The van der Waals surface area contributed by atoms with Crippen LogP contribution in [0.4, 0.5) is 0 Å². The van der Waals surface area contributed by atoms with E-state index in [4.69, 9.17) is 4.52 Å². The fourth-order valence-corrected chi connectivity index (χ4v) is 2.39. The highest BCUT2D eigenvalue weighted by molar-refractivity contribution is 5.55. The van der Waals surface area contributed by atoms with Crippen molar-refractivity contribution in [1.82, 2.24) is 30.1 Å². The van der Waals surface area contributed by atoms with Crippen LogP contribution < -0.4 is 0 Å². The standard InChI is InChI=1S/C17H14N6O/c1-12-15(20-22-23(12)11-13-7-3-2-4-8-13)16-19-17(24-21-16)14-9-5-6-10-18-14/h2-10H,11H2,1H3. The molecule has 3 heterocycles. The van der Waals surface area contributed by atoms with E-state index in [-0.39, 0.29) is 0 Å². The first kappa shape index (κ1) is 14.3. The molecule has 0 aliphatic rings. The van der Waals surface area contributed by atoms with Gasteiger partial charge in [-0.25, -0.2) is 4.68 Å². The van der Waals surface area contributed by atoms with E-state index in [9.17, 15) is 0 Å². The van der Waals surface area contributed by atoms with Crippen LogP contribution in [-0.2, 0) is 6.54 Å². The Balaban J connectivity index is 1.63. The summed E-state index contributed by atoms with van der Waals surface area (Å²) in [6.45, 7) is 2.58. The van der Waals surface area contributed by atoms with Gasteiger partial charge in [0.1, 0.15) is 5.69 Å². The molecule has 4 rings (SSSR count). The molecule has 0 unspecified atom stereocenters. The van der Waals surface area contributed by atoms with Crippen LogP contribution in [-0.4, -0.2) is 30.1 Å². The Hall–Kier alpha value is -3.35. The third-order valence-electron chi connectivity index (χ3n) is 3.68. The van der Waals surface area contributed by atoms with Gasteiger partial charge in [-0.1, -0.05) is 46.8 Å². The predicted octanol–water partition coefficient (Wildman–Crippen LogP) is 2.75. The topological polar surface area (TPSA) is 82.5 Å². The van der Waals surface area contributed by atoms with Gasteiger partial charge in [-0.2, -0.15) is 4.98 Å². The molecule has 118 valence electrons. The highest BCUT2D eigenvalue weighted by Gasteiger charge is 2.18. The van der Waals surface area contributed by atoms with Crippen LogP contribution in [0.5, 0.6) is 0 Å². The normalized spacial score (nSPS) is 10.9. The molecule has 24 heavy (non-hydrogen) atoms. The molecule has 0 saturated carbocycles. The van der Waals surface area contributed by atoms with Gasteiger partial charge in [-0.15, -0.1) is 5.10 Å². The monoisotopic (exact) mass is 318 g/mol. The van der Waals surface area contributed by atoms with Crippen molar-refractivity contribution in [1.29, 1.82) is 0 Å². The molecule has 7 nitrogen and oxygen atoms in total. The molecule has 0 spiro atoms. The Kier molecular flexibility index (Phi) is 3.59. The van der Waals surface area contributed by atoms with Gasteiger partial charge in [0, 0.05) is 6.20 Å². The lowest BCUT2D eigenvalue weighted by molar-refractivity contribution is 0.430. The SMILES string of the molecule is Cc1c(-c2noc(-c3ccccn3)n2)nnn1Cc1ccccc1. The maximum absolute atomic E-state index is 5.29. The average Bonchev–Trinajstić information content (AvgIpc) is 3.24. The summed E-state index contributed by atoms with van der Waals surface area (Å²) in [5.74, 6) is 0.773. The van der Waals surface area contributed by atoms with Crippen molar-refractivity contribution in [3.05, 3.63) is 66.0 Å². The molecule has 1 aromatic carbocycles. The van der Waals surface area contributed by atoms with Gasteiger partial charge >= 0.3 is 0 Å². The van der Waals surface area contributed by atoms with Gasteiger partial charge in [0.25, 0.3) is 5.89 Å². The van der Waals surface area contributed by atoms with Gasteiger partial charge in [0.05, 0.1) is 12.2 Å². The molecule has 0 N–H and O–H groups in total. The molecule has 0 fully saturated rings. The Bertz CT molecular complexity index is 946. The highest BCUT2D eigenvalue weighted by atomic mass is 16.5. The number of hydrogen-bond acceptors (Lipinski definition) is 6. The second kappa shape index (κ2) is 6.04. The largest absolute Gasteiger partial charge is 0.332 e. The number of nitrogens with zero attached hydrogens (tertiary/aromatic N) is 6. The Labute approximate surface area is 138 Å². The average molecular weight is 318 g/mol. The second-order valence-electron chi connectivity index (χ2n) is 5.30. The molecule has 0 aliphatic heterocycles. The van der Waals surface area contributed by atoms with Crippen LogP contribution in [0.3, 0.4) is 0 Å². The number of benzene rings is 1. The summed E-state index contributed by atoms with van der Waals surface area (Å²) >= 11 is 0. The van der Waals surface area contributed by atoms with Crippen molar-refractivity contribution in [2.45, 2.75) is 13.5 Å². The lowest BCUT2D eigenvalue weighted by Crippen LogP contribution is -2.03. The van der Waals surface area contributed by atoms with Crippen molar-refractivity contribution in [2.75, 3.05) is 0 Å². The van der Waals surface area contributed by atoms with Crippen molar-refractivity contribution in [3.8, 4) is 23.1 Å². The van der Waals surface area contributed by atoms with Gasteiger partial charge in [0.2, 0.25) is 5.82 Å². The number of hydrogen-bond donors (Lipinski definition) is 0. The number of aromatic nitrogens is 6. The molecule has 0 aliphatic carbocycles. The summed E-state index contributed by atoms with van der Waals surface area (Å²) in [5, 5.41) is 12.4. The lowest BCUT2D eigenvalue weighted by atomic mass is 10.2. The Morgan fingerprint density at radius 3 is 2.67 bits per heavy atom. The molecule has 3 aromatic heterocycles. The maximum Gasteiger partial charge on any atom is 0.276 e. The summed E-state index contributed by atoms with van der Waals surface area (Å²) in [5.41, 5.74) is 3.27. The van der Waals surface area contributed by atoms with E-state index in [0.29, 0.717) is 29.6 Å². The zero-order valence-electron chi connectivity index (χ0n) is 13.0. The molecule has 0 amide bonds. The smallest absolute Gasteiger partial charge is 0.276 e. The summed E-state index contributed by atoms with van der Waals surface area (Å²) < 4.78 is 7.11. The second-order valence-corrected chi connectivity index (χ2v) is 5.30. The van der Waals surface area contributed by atoms with E-state index in [1.54, 1.807) is 6.20 Å². The van der Waals surface area contributed by atoms with Crippen LogP contribution in [0.15, 0.2) is 59.3 Å². The molecular weight excluding hydrogens is 304 g/mol. The van der Waals surface area contributed by atoms with Crippen LogP contribution in [0, 0.1) is 6.92 Å². The molecule has 7 heteroatoms. The van der Waals surface area contributed by atoms with E-state index < -0.39 is 0 Å². The zero-order valence-corrected chi connectivity index (χ0v) is 13.0. The fourth-order valence-electron chi connectivity index (χ4n) is 2.39. The minimum absolute atomic E-state index is 0.364. The minimum Gasteiger partial charge on any atom is -0.332 e. The van der Waals surface area contributed by atoms with Crippen molar-refractivity contribution < 1.29 is 4.52 Å². The number of pyridine rings is 1. The molecule has 0 saturated heterocycles.